The van der Waals surface area contributed by atoms with E-state index in [1.165, 1.54) is 0 Å². The zero-order valence-corrected chi connectivity index (χ0v) is 7.37. The Labute approximate surface area is 75.0 Å². The number of hydrogen-bond acceptors (Lipinski definition) is 0. The van der Waals surface area contributed by atoms with Gasteiger partial charge in [-0.25, -0.2) is 0 Å². The van der Waals surface area contributed by atoms with Crippen molar-refractivity contribution in [2.24, 2.45) is 0 Å². The Kier molecular flexibility index (Phi) is 5.02. The first-order valence-corrected chi connectivity index (χ1v) is 4.52. The summed E-state index contributed by atoms with van der Waals surface area (Å²) in [7, 11) is 0. The quantitative estimate of drug-likeness (QED) is 0.474. The fourth-order valence-electron chi connectivity index (χ4n) is 1.02. The Morgan fingerprint density at radius 3 is 2.67 bits per heavy atom. The molecule has 63 valence electrons. The Hall–Kier alpha value is -1.04. The molecule has 0 aromatic heterocycles. The van der Waals surface area contributed by atoms with Crippen LogP contribution in [0, 0.1) is 6.08 Å². The molecule has 0 amide bonds. The summed E-state index contributed by atoms with van der Waals surface area (Å²) in [6, 6.07) is 0. The minimum absolute atomic E-state index is 1.03. The molecule has 0 aliphatic heterocycles. The second-order valence-corrected chi connectivity index (χ2v) is 2.75. The minimum Gasteiger partial charge on any atom is -0.0844 e. The smallest absolute Gasteiger partial charge is 0.0163 e. The lowest BCUT2D eigenvalue weighted by Crippen LogP contribution is -1.68. The highest BCUT2D eigenvalue weighted by molar-refractivity contribution is 5.06. The highest BCUT2D eigenvalue weighted by Crippen LogP contribution is 1.97. The molecule has 1 radical (unpaired) electrons. The fourth-order valence-corrected chi connectivity index (χ4v) is 1.02. The van der Waals surface area contributed by atoms with Crippen LogP contribution >= 0.6 is 0 Å². The van der Waals surface area contributed by atoms with Crippen LogP contribution in [0.1, 0.15) is 25.7 Å². The van der Waals surface area contributed by atoms with Crippen molar-refractivity contribution in [2.45, 2.75) is 25.7 Å². The number of allylic oxidation sites excluding steroid dienone is 8. The van der Waals surface area contributed by atoms with Crippen LogP contribution in [0.15, 0.2) is 42.5 Å². The van der Waals surface area contributed by atoms with Crippen LogP contribution < -0.4 is 0 Å². The van der Waals surface area contributed by atoms with E-state index >= 15 is 0 Å². The summed E-state index contributed by atoms with van der Waals surface area (Å²) in [4.78, 5) is 0. The van der Waals surface area contributed by atoms with Crippen LogP contribution in [-0.4, -0.2) is 0 Å². The van der Waals surface area contributed by atoms with Crippen molar-refractivity contribution in [3.05, 3.63) is 48.6 Å². The largest absolute Gasteiger partial charge is 0.0844 e. The lowest BCUT2D eigenvalue weighted by atomic mass is 10.2. The Bertz CT molecular complexity index is 204. The van der Waals surface area contributed by atoms with Crippen molar-refractivity contribution >= 4 is 0 Å². The highest BCUT2D eigenvalue weighted by atomic mass is 13.8. The van der Waals surface area contributed by atoms with Gasteiger partial charge in [0.05, 0.1) is 0 Å². The van der Waals surface area contributed by atoms with Gasteiger partial charge in [-0.05, 0) is 31.8 Å². The van der Waals surface area contributed by atoms with E-state index in [1.54, 1.807) is 0 Å². The SMILES string of the molecule is [C]1=C/C/C=C\C/C=C\C=C\CC/1. The fraction of sp³-hybridized carbons (Fsp3) is 0.333. The normalized spacial score (nSPS) is 29.3. The molecule has 0 heterocycles. The summed E-state index contributed by atoms with van der Waals surface area (Å²) in [5.74, 6) is 0. The lowest BCUT2D eigenvalue weighted by Gasteiger charge is -1.87. The first kappa shape index (κ1) is 9.05. The molecule has 0 bridgehead atoms. The first-order valence-electron chi connectivity index (χ1n) is 4.52. The van der Waals surface area contributed by atoms with Crippen LogP contribution in [0.25, 0.3) is 0 Å². The minimum atomic E-state index is 1.03. The van der Waals surface area contributed by atoms with Crippen LogP contribution in [0.4, 0.5) is 0 Å². The molecule has 0 atom stereocenters. The Balaban J connectivity index is 2.41. The number of hydrogen-bond donors (Lipinski definition) is 0. The van der Waals surface area contributed by atoms with E-state index in [0.29, 0.717) is 0 Å². The topological polar surface area (TPSA) is 0 Å². The van der Waals surface area contributed by atoms with Crippen LogP contribution in [0.5, 0.6) is 0 Å². The van der Waals surface area contributed by atoms with Gasteiger partial charge in [0.25, 0.3) is 0 Å². The lowest BCUT2D eigenvalue weighted by molar-refractivity contribution is 1.02. The van der Waals surface area contributed by atoms with E-state index < -0.39 is 0 Å². The summed E-state index contributed by atoms with van der Waals surface area (Å²) < 4.78 is 0. The van der Waals surface area contributed by atoms with Gasteiger partial charge in [-0.1, -0.05) is 42.5 Å². The van der Waals surface area contributed by atoms with E-state index in [1.807, 2.05) is 0 Å². The molecule has 0 saturated carbocycles. The maximum absolute atomic E-state index is 3.25. The summed E-state index contributed by atoms with van der Waals surface area (Å²) in [6.45, 7) is 0. The highest BCUT2D eigenvalue weighted by Gasteiger charge is 1.78. The standard InChI is InChI=1S/C12H15/c1-2-4-6-8-10-12-11-9-7-5-3-1/h1-4,7,9,12H,5-6,8,11H2/b3-1-,4-2+,9-7-,12-10?. The molecule has 0 heteroatoms. The molecule has 1 rings (SSSR count). The van der Waals surface area contributed by atoms with Crippen LogP contribution in [-0.2, 0) is 0 Å². The van der Waals surface area contributed by atoms with Crippen molar-refractivity contribution in [2.75, 3.05) is 0 Å². The van der Waals surface area contributed by atoms with Crippen LogP contribution in [0.3, 0.4) is 0 Å². The van der Waals surface area contributed by atoms with Crippen molar-refractivity contribution < 1.29 is 0 Å². The summed E-state index contributed by atoms with van der Waals surface area (Å²) in [5, 5.41) is 0. The van der Waals surface area contributed by atoms with Gasteiger partial charge in [0, 0.05) is 0 Å². The molecule has 12 heavy (non-hydrogen) atoms. The molecule has 0 spiro atoms. The van der Waals surface area contributed by atoms with Gasteiger partial charge in [0.1, 0.15) is 0 Å². The second kappa shape index (κ2) is 6.66. The second-order valence-electron chi connectivity index (χ2n) is 2.75. The average molecular weight is 159 g/mol. The Morgan fingerprint density at radius 2 is 1.67 bits per heavy atom. The monoisotopic (exact) mass is 159 g/mol. The predicted molar refractivity (Wildman–Crippen MR) is 53.7 cm³/mol. The molecular formula is C12H15. The van der Waals surface area contributed by atoms with Gasteiger partial charge in [0.15, 0.2) is 0 Å². The first-order chi connectivity index (χ1) is 6.00. The molecule has 0 aromatic carbocycles. The van der Waals surface area contributed by atoms with Gasteiger partial charge in [-0.3, -0.25) is 0 Å². The van der Waals surface area contributed by atoms with Gasteiger partial charge in [0.2, 0.25) is 0 Å². The summed E-state index contributed by atoms with van der Waals surface area (Å²) >= 11 is 0. The van der Waals surface area contributed by atoms with E-state index in [2.05, 4.69) is 48.6 Å². The summed E-state index contributed by atoms with van der Waals surface area (Å²) in [6.07, 6.45) is 22.5. The van der Waals surface area contributed by atoms with Crippen LogP contribution in [0.2, 0.25) is 0 Å². The van der Waals surface area contributed by atoms with Gasteiger partial charge < -0.3 is 0 Å². The predicted octanol–water partition coefficient (Wildman–Crippen LogP) is 3.59. The van der Waals surface area contributed by atoms with E-state index in [9.17, 15) is 0 Å². The molecule has 0 fully saturated rings. The van der Waals surface area contributed by atoms with Gasteiger partial charge in [-0.2, -0.15) is 0 Å². The van der Waals surface area contributed by atoms with E-state index in [0.717, 1.165) is 25.7 Å². The third-order valence-electron chi connectivity index (χ3n) is 1.68. The third-order valence-corrected chi connectivity index (χ3v) is 1.68. The molecule has 1 aliphatic carbocycles. The summed E-state index contributed by atoms with van der Waals surface area (Å²) in [5.41, 5.74) is 0. The molecule has 0 saturated heterocycles. The molecule has 0 N–H and O–H groups in total. The maximum atomic E-state index is 3.25. The molecule has 0 aromatic rings. The zero-order chi connectivity index (χ0) is 8.49. The zero-order valence-electron chi connectivity index (χ0n) is 7.37. The van der Waals surface area contributed by atoms with Crippen molar-refractivity contribution in [1.82, 2.24) is 0 Å². The van der Waals surface area contributed by atoms with Crippen molar-refractivity contribution in [3.8, 4) is 0 Å². The van der Waals surface area contributed by atoms with Gasteiger partial charge >= 0.3 is 0 Å². The van der Waals surface area contributed by atoms with Crippen molar-refractivity contribution in [1.29, 1.82) is 0 Å². The molecule has 1 aliphatic rings. The maximum Gasteiger partial charge on any atom is -0.0163 e. The van der Waals surface area contributed by atoms with E-state index in [-0.39, 0.29) is 0 Å². The average Bonchev–Trinajstić information content (AvgIpc) is 2.05. The van der Waals surface area contributed by atoms with E-state index in [4.69, 9.17) is 0 Å². The number of rotatable bonds is 0. The van der Waals surface area contributed by atoms with Crippen molar-refractivity contribution in [3.63, 3.8) is 0 Å². The molecule has 0 nitrogen and oxygen atoms in total. The molecular weight excluding hydrogens is 144 g/mol. The van der Waals surface area contributed by atoms with Gasteiger partial charge in [-0.15, -0.1) is 0 Å². The molecule has 0 unspecified atom stereocenters. The Morgan fingerprint density at radius 1 is 0.833 bits per heavy atom. The third kappa shape index (κ3) is 4.73.